The first-order valence-electron chi connectivity index (χ1n) is 6.42. The quantitative estimate of drug-likeness (QED) is 0.753. The summed E-state index contributed by atoms with van der Waals surface area (Å²) in [5.74, 6) is -0.0521. The number of aryl methyl sites for hydroxylation is 1. The smallest absolute Gasteiger partial charge is 0.128 e. The Morgan fingerprint density at radius 2 is 2.05 bits per heavy atom. The molecule has 2 rings (SSSR count). The minimum atomic E-state index is -0.0524. The van der Waals surface area contributed by atoms with E-state index >= 15 is 0 Å². The summed E-state index contributed by atoms with van der Waals surface area (Å²) in [7, 11) is 1.62. The van der Waals surface area contributed by atoms with Crippen molar-refractivity contribution in [2.45, 2.75) is 6.92 Å². The van der Waals surface area contributed by atoms with E-state index in [1.807, 2.05) is 18.2 Å². The van der Waals surface area contributed by atoms with Crippen LogP contribution in [0.5, 0.6) is 11.5 Å². The molecule has 0 radical (unpaired) electrons. The highest BCUT2D eigenvalue weighted by Crippen LogP contribution is 2.31. The number of aliphatic imine (C=N–C) groups is 1. The van der Waals surface area contributed by atoms with Crippen LogP contribution in [0, 0.1) is 6.92 Å². The summed E-state index contributed by atoms with van der Waals surface area (Å²) in [6.07, 6.45) is 3.08. The zero-order valence-corrected chi connectivity index (χ0v) is 11.9. The van der Waals surface area contributed by atoms with Gasteiger partial charge in [-0.25, -0.2) is 0 Å². The molecular weight excluding hydrogens is 266 g/mol. The summed E-state index contributed by atoms with van der Waals surface area (Å²) in [4.78, 5) is 8.50. The van der Waals surface area contributed by atoms with Gasteiger partial charge in [-0.3, -0.25) is 9.98 Å². The highest BCUT2D eigenvalue weighted by atomic mass is 16.3. The third-order valence-corrected chi connectivity index (χ3v) is 3.12. The van der Waals surface area contributed by atoms with Gasteiger partial charge in [0.05, 0.1) is 11.4 Å². The molecule has 5 heteroatoms. The Bertz CT molecular complexity index is 684. The Morgan fingerprint density at radius 3 is 2.57 bits per heavy atom. The van der Waals surface area contributed by atoms with Crippen molar-refractivity contribution in [3.8, 4) is 11.5 Å². The number of aromatic nitrogens is 1. The number of benzene rings is 1. The molecule has 0 amide bonds. The van der Waals surface area contributed by atoms with Gasteiger partial charge in [-0.1, -0.05) is 6.07 Å². The summed E-state index contributed by atoms with van der Waals surface area (Å²) in [6.45, 7) is 1.78. The number of hydrogen-bond donors (Lipinski definition) is 3. The fraction of sp³-hybridized carbons (Fsp3) is 0.125. The summed E-state index contributed by atoms with van der Waals surface area (Å²) in [5, 5.41) is 19.7. The number of nitrogens with zero attached hydrogens (tertiary/aromatic N) is 2. The van der Waals surface area contributed by atoms with Crippen molar-refractivity contribution in [1.29, 1.82) is 0 Å². The maximum absolute atomic E-state index is 10.1. The van der Waals surface area contributed by atoms with Crippen molar-refractivity contribution in [3.05, 3.63) is 59.5 Å². The van der Waals surface area contributed by atoms with E-state index in [-0.39, 0.29) is 11.5 Å². The molecule has 0 saturated carbocycles. The normalized spacial score (nSPS) is 12.5. The van der Waals surface area contributed by atoms with Crippen LogP contribution in [0.15, 0.2) is 47.7 Å². The van der Waals surface area contributed by atoms with Crippen LogP contribution in [0.3, 0.4) is 0 Å². The van der Waals surface area contributed by atoms with E-state index in [4.69, 9.17) is 5.73 Å². The first-order chi connectivity index (χ1) is 10.1. The third-order valence-electron chi connectivity index (χ3n) is 3.12. The van der Waals surface area contributed by atoms with Crippen LogP contribution in [0.4, 0.5) is 0 Å². The lowest BCUT2D eigenvalue weighted by molar-refractivity contribution is 0.449. The van der Waals surface area contributed by atoms with Crippen LogP contribution >= 0.6 is 0 Å². The zero-order chi connectivity index (χ0) is 15.4. The zero-order valence-electron chi connectivity index (χ0n) is 11.9. The first-order valence-corrected chi connectivity index (χ1v) is 6.42. The highest BCUT2D eigenvalue weighted by Gasteiger charge is 2.18. The minimum absolute atomic E-state index is 0.000294. The van der Waals surface area contributed by atoms with Gasteiger partial charge in [0.15, 0.2) is 0 Å². The fourth-order valence-electron chi connectivity index (χ4n) is 2.23. The molecule has 5 nitrogen and oxygen atoms in total. The number of phenolic OH excluding ortho intramolecular Hbond substituents is 2. The predicted octanol–water partition coefficient (Wildman–Crippen LogP) is 2.22. The topological polar surface area (TPSA) is 91.7 Å². The molecule has 0 bridgehead atoms. The number of allylic oxidation sites excluding steroid dienone is 1. The van der Waals surface area contributed by atoms with Gasteiger partial charge in [-0.2, -0.15) is 0 Å². The van der Waals surface area contributed by atoms with Gasteiger partial charge in [0.2, 0.25) is 0 Å². The molecule has 0 fully saturated rings. The molecule has 1 aromatic carbocycles. The van der Waals surface area contributed by atoms with Gasteiger partial charge >= 0.3 is 0 Å². The number of rotatable bonds is 3. The average molecular weight is 283 g/mol. The van der Waals surface area contributed by atoms with E-state index in [2.05, 4.69) is 9.98 Å². The molecular formula is C16H17N3O2. The van der Waals surface area contributed by atoms with Gasteiger partial charge in [0.25, 0.3) is 0 Å². The van der Waals surface area contributed by atoms with E-state index in [0.717, 1.165) is 0 Å². The molecule has 0 spiro atoms. The van der Waals surface area contributed by atoms with Gasteiger partial charge in [-0.15, -0.1) is 0 Å². The van der Waals surface area contributed by atoms with Gasteiger partial charge in [-0.05, 0) is 30.7 Å². The number of phenols is 2. The molecule has 1 heterocycles. The molecule has 0 atom stereocenters. The van der Waals surface area contributed by atoms with Crippen molar-refractivity contribution in [2.24, 2.45) is 10.7 Å². The Kier molecular flexibility index (Phi) is 4.23. The summed E-state index contributed by atoms with van der Waals surface area (Å²) >= 11 is 0. The Labute approximate surface area is 123 Å². The second-order valence-corrected chi connectivity index (χ2v) is 4.52. The van der Waals surface area contributed by atoms with Crippen LogP contribution in [0.25, 0.3) is 5.57 Å². The highest BCUT2D eigenvalue weighted by molar-refractivity contribution is 6.32. The molecule has 1 aromatic heterocycles. The van der Waals surface area contributed by atoms with Crippen LogP contribution in [-0.4, -0.2) is 28.0 Å². The van der Waals surface area contributed by atoms with E-state index in [1.54, 1.807) is 26.2 Å². The van der Waals surface area contributed by atoms with Crippen molar-refractivity contribution in [3.63, 3.8) is 0 Å². The third kappa shape index (κ3) is 2.86. The molecule has 0 aliphatic heterocycles. The Hall–Kier alpha value is -2.82. The Morgan fingerprint density at radius 1 is 1.29 bits per heavy atom. The van der Waals surface area contributed by atoms with Crippen LogP contribution in [0.1, 0.15) is 16.8 Å². The minimum Gasteiger partial charge on any atom is -0.508 e. The van der Waals surface area contributed by atoms with Gasteiger partial charge in [0.1, 0.15) is 11.5 Å². The lowest BCUT2D eigenvalue weighted by atomic mass is 9.95. The monoisotopic (exact) mass is 283 g/mol. The van der Waals surface area contributed by atoms with E-state index in [9.17, 15) is 10.2 Å². The second-order valence-electron chi connectivity index (χ2n) is 4.52. The number of nitrogens with two attached hydrogens (primary N) is 1. The molecule has 21 heavy (non-hydrogen) atoms. The average Bonchev–Trinajstić information content (AvgIpc) is 2.46. The van der Waals surface area contributed by atoms with Crippen molar-refractivity contribution in [1.82, 2.24) is 4.98 Å². The van der Waals surface area contributed by atoms with Crippen molar-refractivity contribution in [2.75, 3.05) is 7.05 Å². The molecule has 2 aromatic rings. The molecule has 0 aliphatic rings. The predicted molar refractivity (Wildman–Crippen MR) is 83.4 cm³/mol. The van der Waals surface area contributed by atoms with Crippen LogP contribution in [-0.2, 0) is 0 Å². The first kappa shape index (κ1) is 14.6. The lowest BCUT2D eigenvalue weighted by Gasteiger charge is -2.14. The summed E-state index contributed by atoms with van der Waals surface area (Å²) in [6, 6.07) is 8.32. The number of pyridine rings is 1. The van der Waals surface area contributed by atoms with Gasteiger partial charge < -0.3 is 15.9 Å². The number of hydrogen-bond acceptors (Lipinski definition) is 5. The number of aromatic hydroxyl groups is 2. The fourth-order valence-corrected chi connectivity index (χ4v) is 2.23. The van der Waals surface area contributed by atoms with Crippen LogP contribution in [0.2, 0.25) is 0 Å². The second kappa shape index (κ2) is 6.09. The Balaban J connectivity index is 2.61. The molecule has 0 unspecified atom stereocenters. The summed E-state index contributed by atoms with van der Waals surface area (Å²) < 4.78 is 0. The summed E-state index contributed by atoms with van der Waals surface area (Å²) in [5.41, 5.74) is 8.75. The van der Waals surface area contributed by atoms with Crippen molar-refractivity contribution < 1.29 is 10.2 Å². The molecule has 4 N–H and O–H groups in total. The van der Waals surface area contributed by atoms with E-state index in [1.165, 1.54) is 12.3 Å². The molecule has 0 aliphatic carbocycles. The maximum atomic E-state index is 10.1. The van der Waals surface area contributed by atoms with Gasteiger partial charge in [0, 0.05) is 36.6 Å². The maximum Gasteiger partial charge on any atom is 0.128 e. The van der Waals surface area contributed by atoms with E-state index in [0.29, 0.717) is 28.1 Å². The molecule has 0 saturated heterocycles. The van der Waals surface area contributed by atoms with E-state index < -0.39 is 0 Å². The van der Waals surface area contributed by atoms with Crippen molar-refractivity contribution >= 4 is 11.3 Å². The van der Waals surface area contributed by atoms with Crippen LogP contribution < -0.4 is 5.73 Å². The largest absolute Gasteiger partial charge is 0.508 e. The SMILES string of the molecule is CN=C(/C(=C\N)c1ccccn1)c1c(C)cc(O)cc1O. The standard InChI is InChI=1S/C16H17N3O2/c1-10-7-11(20)8-14(21)15(10)16(18-2)12(9-17)13-5-3-4-6-19-13/h3-9,20-21H,17H2,1-2H3/b12-9-,18-16?. The lowest BCUT2D eigenvalue weighted by Crippen LogP contribution is -2.10. The molecule has 108 valence electrons.